The van der Waals surface area contributed by atoms with Crippen LogP contribution in [0.25, 0.3) is 0 Å². The number of halogens is 3. The predicted octanol–water partition coefficient (Wildman–Crippen LogP) is 3.36. The first kappa shape index (κ1) is 16.3. The summed E-state index contributed by atoms with van der Waals surface area (Å²) in [5.74, 6) is 0. The van der Waals surface area contributed by atoms with Crippen LogP contribution in [-0.4, -0.2) is 27.9 Å². The Labute approximate surface area is 114 Å². The van der Waals surface area contributed by atoms with Crippen molar-refractivity contribution in [1.29, 1.82) is 0 Å². The summed E-state index contributed by atoms with van der Waals surface area (Å²) in [5.41, 5.74) is -3.40. The van der Waals surface area contributed by atoms with Crippen molar-refractivity contribution in [1.82, 2.24) is 0 Å². The average molecular weight is 294 g/mol. The van der Waals surface area contributed by atoms with Gasteiger partial charge in [-0.3, -0.25) is 0 Å². The molecule has 1 aromatic rings. The molecule has 6 heteroatoms. The zero-order chi connectivity index (χ0) is 14.5. The topological polar surface area (TPSA) is 40.5 Å². The zero-order valence-corrected chi connectivity index (χ0v) is 11.3. The summed E-state index contributed by atoms with van der Waals surface area (Å²) in [7, 11) is 0. The summed E-state index contributed by atoms with van der Waals surface area (Å²) in [5, 5.41) is 18.7. The molecule has 0 aromatic heterocycles. The number of rotatable bonds is 6. The molecule has 0 spiro atoms. The minimum atomic E-state index is -4.27. The van der Waals surface area contributed by atoms with Gasteiger partial charge in [-0.15, -0.1) is 0 Å². The minimum absolute atomic E-state index is 0.140. The molecule has 1 aromatic carbocycles. The fourth-order valence-electron chi connectivity index (χ4n) is 1.70. The molecule has 0 fully saturated rings. The Balaban J connectivity index is 2.44. The lowest BCUT2D eigenvalue weighted by molar-refractivity contribution is -0.0328. The van der Waals surface area contributed by atoms with Gasteiger partial charge in [0.2, 0.25) is 0 Å². The van der Waals surface area contributed by atoms with Gasteiger partial charge >= 0.3 is 5.51 Å². The number of aliphatic hydroxyl groups excluding tert-OH is 2. The molecule has 2 unspecified atom stereocenters. The standard InChI is InChI=1S/C13H17F3O2S/c1-9(17)8-11(18)5-2-10-3-6-12(7-4-10)19-13(14,15)16/h3-4,6-7,9,11,17-18H,2,5,8H2,1H3. The minimum Gasteiger partial charge on any atom is -0.393 e. The van der Waals surface area contributed by atoms with Crippen LogP contribution in [-0.2, 0) is 6.42 Å². The molecular weight excluding hydrogens is 277 g/mol. The average Bonchev–Trinajstić information content (AvgIpc) is 2.25. The van der Waals surface area contributed by atoms with Crippen LogP contribution in [0.15, 0.2) is 29.2 Å². The Morgan fingerprint density at radius 1 is 1.16 bits per heavy atom. The molecule has 0 aliphatic rings. The first-order chi connectivity index (χ1) is 8.76. The van der Waals surface area contributed by atoms with Gasteiger partial charge in [-0.1, -0.05) is 12.1 Å². The van der Waals surface area contributed by atoms with Gasteiger partial charge < -0.3 is 10.2 Å². The lowest BCUT2D eigenvalue weighted by Gasteiger charge is -2.12. The van der Waals surface area contributed by atoms with Crippen molar-refractivity contribution in [3.05, 3.63) is 29.8 Å². The van der Waals surface area contributed by atoms with Crippen LogP contribution in [0.4, 0.5) is 13.2 Å². The van der Waals surface area contributed by atoms with Crippen molar-refractivity contribution in [2.24, 2.45) is 0 Å². The molecule has 0 aliphatic carbocycles. The Bertz CT molecular complexity index is 376. The highest BCUT2D eigenvalue weighted by molar-refractivity contribution is 8.00. The summed E-state index contributed by atoms with van der Waals surface area (Å²) in [6.45, 7) is 1.60. The molecule has 1 rings (SSSR count). The first-order valence-electron chi connectivity index (χ1n) is 5.97. The highest BCUT2D eigenvalue weighted by Crippen LogP contribution is 2.36. The number of hydrogen-bond acceptors (Lipinski definition) is 3. The van der Waals surface area contributed by atoms with Gasteiger partial charge in [0.25, 0.3) is 0 Å². The number of thioether (sulfide) groups is 1. The van der Waals surface area contributed by atoms with Gasteiger partial charge in [-0.2, -0.15) is 13.2 Å². The van der Waals surface area contributed by atoms with Crippen LogP contribution in [0.5, 0.6) is 0 Å². The van der Waals surface area contributed by atoms with Crippen molar-refractivity contribution in [2.45, 2.75) is 48.8 Å². The van der Waals surface area contributed by atoms with Crippen molar-refractivity contribution in [3.63, 3.8) is 0 Å². The Kier molecular flexibility index (Phi) is 6.16. The highest BCUT2D eigenvalue weighted by atomic mass is 32.2. The molecule has 108 valence electrons. The number of benzene rings is 1. The third kappa shape index (κ3) is 7.44. The van der Waals surface area contributed by atoms with E-state index < -0.39 is 17.7 Å². The molecule has 0 saturated heterocycles. The first-order valence-corrected chi connectivity index (χ1v) is 6.79. The van der Waals surface area contributed by atoms with E-state index in [9.17, 15) is 18.3 Å². The fraction of sp³-hybridized carbons (Fsp3) is 0.538. The second-order valence-electron chi connectivity index (χ2n) is 4.47. The van der Waals surface area contributed by atoms with Crippen LogP contribution in [0.3, 0.4) is 0 Å². The maximum Gasteiger partial charge on any atom is 0.446 e. The molecule has 19 heavy (non-hydrogen) atoms. The second kappa shape index (κ2) is 7.17. The maximum absolute atomic E-state index is 12.1. The number of aryl methyl sites for hydroxylation is 1. The van der Waals surface area contributed by atoms with Gasteiger partial charge in [-0.05, 0) is 55.6 Å². The number of alkyl halides is 3. The summed E-state index contributed by atoms with van der Waals surface area (Å²) >= 11 is -0.140. The molecule has 0 amide bonds. The molecule has 0 heterocycles. The van der Waals surface area contributed by atoms with Crippen LogP contribution < -0.4 is 0 Å². The smallest absolute Gasteiger partial charge is 0.393 e. The van der Waals surface area contributed by atoms with E-state index in [-0.39, 0.29) is 16.7 Å². The summed E-state index contributed by atoms with van der Waals surface area (Å²) < 4.78 is 36.4. The third-order valence-corrected chi connectivity index (χ3v) is 3.28. The lowest BCUT2D eigenvalue weighted by Crippen LogP contribution is -2.15. The second-order valence-corrected chi connectivity index (χ2v) is 5.61. The van der Waals surface area contributed by atoms with Gasteiger partial charge in [0.1, 0.15) is 0 Å². The van der Waals surface area contributed by atoms with E-state index in [1.165, 1.54) is 12.1 Å². The quantitative estimate of drug-likeness (QED) is 0.790. The van der Waals surface area contributed by atoms with Crippen LogP contribution >= 0.6 is 11.8 Å². The molecule has 0 radical (unpaired) electrons. The van der Waals surface area contributed by atoms with Crippen molar-refractivity contribution in [3.8, 4) is 0 Å². The zero-order valence-electron chi connectivity index (χ0n) is 10.5. The SMILES string of the molecule is CC(O)CC(O)CCc1ccc(SC(F)(F)F)cc1. The summed E-state index contributed by atoms with van der Waals surface area (Å²) in [4.78, 5) is 0.153. The van der Waals surface area contributed by atoms with E-state index in [4.69, 9.17) is 5.11 Å². The van der Waals surface area contributed by atoms with Gasteiger partial charge in [0.05, 0.1) is 12.2 Å². The van der Waals surface area contributed by atoms with E-state index in [0.717, 1.165) is 5.56 Å². The van der Waals surface area contributed by atoms with Crippen LogP contribution in [0, 0.1) is 0 Å². The lowest BCUT2D eigenvalue weighted by atomic mass is 10.0. The molecule has 0 bridgehead atoms. The Morgan fingerprint density at radius 3 is 2.21 bits per heavy atom. The van der Waals surface area contributed by atoms with Gasteiger partial charge in [-0.25, -0.2) is 0 Å². The molecule has 2 atom stereocenters. The monoisotopic (exact) mass is 294 g/mol. The van der Waals surface area contributed by atoms with Gasteiger partial charge in [0, 0.05) is 4.90 Å². The van der Waals surface area contributed by atoms with Crippen molar-refractivity contribution >= 4 is 11.8 Å². The van der Waals surface area contributed by atoms with E-state index in [0.29, 0.717) is 19.3 Å². The normalized spacial score (nSPS) is 15.3. The van der Waals surface area contributed by atoms with Crippen molar-refractivity contribution < 1.29 is 23.4 Å². The fourth-order valence-corrected chi connectivity index (χ4v) is 2.24. The largest absolute Gasteiger partial charge is 0.446 e. The van der Waals surface area contributed by atoms with E-state index in [2.05, 4.69) is 0 Å². The van der Waals surface area contributed by atoms with E-state index in [1.807, 2.05) is 0 Å². The molecular formula is C13H17F3O2S. The number of hydrogen-bond donors (Lipinski definition) is 2. The Hall–Kier alpha value is -0.720. The third-order valence-electron chi connectivity index (χ3n) is 2.54. The van der Waals surface area contributed by atoms with E-state index >= 15 is 0 Å². The molecule has 2 nitrogen and oxygen atoms in total. The van der Waals surface area contributed by atoms with Crippen LogP contribution in [0.1, 0.15) is 25.3 Å². The molecule has 0 aliphatic heterocycles. The van der Waals surface area contributed by atoms with Crippen molar-refractivity contribution in [2.75, 3.05) is 0 Å². The summed E-state index contributed by atoms with van der Waals surface area (Å²) in [6, 6.07) is 6.11. The molecule has 2 N–H and O–H groups in total. The Morgan fingerprint density at radius 2 is 1.74 bits per heavy atom. The van der Waals surface area contributed by atoms with Gasteiger partial charge in [0.15, 0.2) is 0 Å². The molecule has 0 saturated carbocycles. The van der Waals surface area contributed by atoms with E-state index in [1.54, 1.807) is 19.1 Å². The predicted molar refractivity (Wildman–Crippen MR) is 69.0 cm³/mol. The van der Waals surface area contributed by atoms with Crippen LogP contribution in [0.2, 0.25) is 0 Å². The number of aliphatic hydroxyl groups is 2. The highest BCUT2D eigenvalue weighted by Gasteiger charge is 2.28. The maximum atomic E-state index is 12.1. The summed E-state index contributed by atoms with van der Waals surface area (Å²) in [6.07, 6.45) is 0.216.